The number of anilines is 1. The third-order valence-corrected chi connectivity index (χ3v) is 4.61. The number of benzene rings is 2. The van der Waals surface area contributed by atoms with Crippen molar-refractivity contribution in [1.29, 1.82) is 0 Å². The molecule has 3 nitrogen and oxygen atoms in total. The van der Waals surface area contributed by atoms with Gasteiger partial charge in [-0.25, -0.2) is 0 Å². The SMILES string of the molecule is Cc1cc(Oc2snc(-c3ccccc3)c2Cl)c(C)cc1N. The van der Waals surface area contributed by atoms with E-state index in [4.69, 9.17) is 22.1 Å². The molecule has 0 spiro atoms. The van der Waals surface area contributed by atoms with Crippen molar-refractivity contribution >= 4 is 28.8 Å². The van der Waals surface area contributed by atoms with E-state index in [9.17, 15) is 0 Å². The van der Waals surface area contributed by atoms with Gasteiger partial charge in [-0.3, -0.25) is 0 Å². The van der Waals surface area contributed by atoms with Gasteiger partial charge in [0.05, 0.1) is 0 Å². The van der Waals surface area contributed by atoms with Gasteiger partial charge in [-0.15, -0.1) is 0 Å². The minimum atomic E-state index is 0.532. The second kappa shape index (κ2) is 5.99. The Labute approximate surface area is 138 Å². The number of nitrogen functional groups attached to an aromatic ring is 1. The number of ether oxygens (including phenoxy) is 1. The molecule has 22 heavy (non-hydrogen) atoms. The topological polar surface area (TPSA) is 48.1 Å². The predicted molar refractivity (Wildman–Crippen MR) is 93.0 cm³/mol. The van der Waals surface area contributed by atoms with Crippen LogP contribution in [0, 0.1) is 13.8 Å². The first-order chi connectivity index (χ1) is 10.6. The fourth-order valence-electron chi connectivity index (χ4n) is 2.12. The summed E-state index contributed by atoms with van der Waals surface area (Å²) in [4.78, 5) is 0. The molecular weight excluding hydrogens is 316 g/mol. The Morgan fingerprint density at radius 3 is 2.55 bits per heavy atom. The van der Waals surface area contributed by atoms with Crippen molar-refractivity contribution < 1.29 is 4.74 Å². The van der Waals surface area contributed by atoms with E-state index in [1.54, 1.807) is 0 Å². The summed E-state index contributed by atoms with van der Waals surface area (Å²) in [5.41, 5.74) is 10.3. The Hall–Kier alpha value is -2.04. The highest BCUT2D eigenvalue weighted by molar-refractivity contribution is 7.08. The Morgan fingerprint density at radius 1 is 1.09 bits per heavy atom. The van der Waals surface area contributed by atoms with E-state index in [-0.39, 0.29) is 0 Å². The molecule has 5 heteroatoms. The molecule has 1 aromatic heterocycles. The molecule has 0 fully saturated rings. The lowest BCUT2D eigenvalue weighted by Crippen LogP contribution is -1.93. The maximum Gasteiger partial charge on any atom is 0.219 e. The number of aromatic nitrogens is 1. The van der Waals surface area contributed by atoms with Gasteiger partial charge in [0.1, 0.15) is 16.5 Å². The van der Waals surface area contributed by atoms with Crippen LogP contribution in [0.25, 0.3) is 11.3 Å². The van der Waals surface area contributed by atoms with Gasteiger partial charge < -0.3 is 10.5 Å². The van der Waals surface area contributed by atoms with Crippen molar-refractivity contribution in [2.45, 2.75) is 13.8 Å². The first kappa shape index (κ1) is 14.9. The van der Waals surface area contributed by atoms with E-state index >= 15 is 0 Å². The highest BCUT2D eigenvalue weighted by Crippen LogP contribution is 2.41. The van der Waals surface area contributed by atoms with Gasteiger partial charge >= 0.3 is 0 Å². The maximum absolute atomic E-state index is 6.43. The number of nitrogens with two attached hydrogens (primary N) is 1. The highest BCUT2D eigenvalue weighted by atomic mass is 35.5. The van der Waals surface area contributed by atoms with Gasteiger partial charge in [-0.05, 0) is 37.1 Å². The third-order valence-electron chi connectivity index (χ3n) is 3.42. The predicted octanol–water partition coefficient (Wildman–Crippen LogP) is 5.45. The van der Waals surface area contributed by atoms with E-state index in [1.807, 2.05) is 56.3 Å². The molecule has 0 aliphatic heterocycles. The smallest absolute Gasteiger partial charge is 0.219 e. The van der Waals surface area contributed by atoms with Gasteiger partial charge in [-0.2, -0.15) is 4.37 Å². The summed E-state index contributed by atoms with van der Waals surface area (Å²) in [5, 5.41) is 1.12. The average molecular weight is 331 g/mol. The number of nitrogens with zero attached hydrogens (tertiary/aromatic N) is 1. The molecule has 0 saturated carbocycles. The Kier molecular flexibility index (Phi) is 4.05. The van der Waals surface area contributed by atoms with Crippen LogP contribution in [0.3, 0.4) is 0 Å². The Balaban J connectivity index is 1.95. The molecule has 0 atom stereocenters. The lowest BCUT2D eigenvalue weighted by Gasteiger charge is -2.10. The zero-order valence-corrected chi connectivity index (χ0v) is 13.8. The molecular formula is C17H15ClN2OS. The van der Waals surface area contributed by atoms with Crippen LogP contribution in [-0.2, 0) is 0 Å². The van der Waals surface area contributed by atoms with Crippen LogP contribution in [-0.4, -0.2) is 4.37 Å². The molecule has 0 aliphatic carbocycles. The molecule has 3 aromatic rings. The van der Waals surface area contributed by atoms with E-state index in [2.05, 4.69) is 4.37 Å². The summed E-state index contributed by atoms with van der Waals surface area (Å²) in [6.07, 6.45) is 0. The monoisotopic (exact) mass is 330 g/mol. The summed E-state index contributed by atoms with van der Waals surface area (Å²) in [6.45, 7) is 3.91. The molecule has 0 amide bonds. The second-order valence-electron chi connectivity index (χ2n) is 5.08. The first-order valence-corrected chi connectivity index (χ1v) is 7.96. The fourth-order valence-corrected chi connectivity index (χ4v) is 3.14. The van der Waals surface area contributed by atoms with Crippen molar-refractivity contribution in [1.82, 2.24) is 4.37 Å². The normalized spacial score (nSPS) is 10.7. The van der Waals surface area contributed by atoms with Crippen LogP contribution in [0.2, 0.25) is 5.02 Å². The number of hydrogen-bond donors (Lipinski definition) is 1. The van der Waals surface area contributed by atoms with E-state index in [0.29, 0.717) is 10.1 Å². The molecule has 0 saturated heterocycles. The number of halogens is 1. The first-order valence-electron chi connectivity index (χ1n) is 6.81. The molecule has 0 aliphatic rings. The van der Waals surface area contributed by atoms with Gasteiger partial charge in [0.15, 0.2) is 0 Å². The molecule has 112 valence electrons. The Bertz CT molecular complexity index is 815. The summed E-state index contributed by atoms with van der Waals surface area (Å²) in [7, 11) is 0. The van der Waals surface area contributed by atoms with Crippen LogP contribution >= 0.6 is 23.1 Å². The molecule has 1 heterocycles. The summed E-state index contributed by atoms with van der Waals surface area (Å²) < 4.78 is 10.4. The van der Waals surface area contributed by atoms with Crippen molar-refractivity contribution in [3.8, 4) is 22.1 Å². The van der Waals surface area contributed by atoms with Crippen LogP contribution in [0.1, 0.15) is 11.1 Å². The average Bonchev–Trinajstić information content (AvgIpc) is 2.87. The number of hydrogen-bond acceptors (Lipinski definition) is 4. The van der Waals surface area contributed by atoms with Crippen molar-refractivity contribution in [3.05, 3.63) is 58.6 Å². The maximum atomic E-state index is 6.43. The molecule has 3 rings (SSSR count). The minimum absolute atomic E-state index is 0.532. The molecule has 0 unspecified atom stereocenters. The zero-order valence-electron chi connectivity index (χ0n) is 12.3. The molecule has 2 N–H and O–H groups in total. The third kappa shape index (κ3) is 2.80. The van der Waals surface area contributed by atoms with E-state index in [1.165, 1.54) is 11.5 Å². The highest BCUT2D eigenvalue weighted by Gasteiger charge is 2.16. The quantitative estimate of drug-likeness (QED) is 0.649. The summed E-state index contributed by atoms with van der Waals surface area (Å²) >= 11 is 7.68. The fraction of sp³-hybridized carbons (Fsp3) is 0.118. The second-order valence-corrected chi connectivity index (χ2v) is 6.19. The van der Waals surface area contributed by atoms with E-state index in [0.717, 1.165) is 33.8 Å². The largest absolute Gasteiger partial charge is 0.443 e. The van der Waals surface area contributed by atoms with Crippen molar-refractivity contribution in [2.75, 3.05) is 5.73 Å². The van der Waals surface area contributed by atoms with Crippen molar-refractivity contribution in [3.63, 3.8) is 0 Å². The number of rotatable bonds is 3. The van der Waals surface area contributed by atoms with Gasteiger partial charge in [0.2, 0.25) is 5.06 Å². The van der Waals surface area contributed by atoms with Crippen LogP contribution in [0.15, 0.2) is 42.5 Å². The number of aryl methyl sites for hydroxylation is 2. The minimum Gasteiger partial charge on any atom is -0.443 e. The molecule has 0 bridgehead atoms. The van der Waals surface area contributed by atoms with Crippen LogP contribution in [0.5, 0.6) is 10.8 Å². The van der Waals surface area contributed by atoms with Crippen LogP contribution in [0.4, 0.5) is 5.69 Å². The van der Waals surface area contributed by atoms with Gasteiger partial charge in [-0.1, -0.05) is 41.9 Å². The lowest BCUT2D eigenvalue weighted by molar-refractivity contribution is 0.492. The van der Waals surface area contributed by atoms with E-state index < -0.39 is 0 Å². The summed E-state index contributed by atoms with van der Waals surface area (Å²) in [6, 6.07) is 13.6. The van der Waals surface area contributed by atoms with Crippen molar-refractivity contribution in [2.24, 2.45) is 0 Å². The summed E-state index contributed by atoms with van der Waals surface area (Å²) in [5.74, 6) is 0.747. The molecule has 2 aromatic carbocycles. The zero-order chi connectivity index (χ0) is 15.7. The molecule has 0 radical (unpaired) electrons. The standard InChI is InChI=1S/C17H15ClN2OS/c1-10-9-14(11(2)8-13(10)19)21-17-15(18)16(20-22-17)12-6-4-3-5-7-12/h3-9H,19H2,1-2H3. The Morgan fingerprint density at radius 2 is 1.82 bits per heavy atom. The van der Waals surface area contributed by atoms with Gasteiger partial charge in [0.25, 0.3) is 0 Å². The van der Waals surface area contributed by atoms with Gasteiger partial charge in [0, 0.05) is 22.8 Å². The lowest BCUT2D eigenvalue weighted by atomic mass is 10.1. The van der Waals surface area contributed by atoms with Crippen LogP contribution < -0.4 is 10.5 Å².